The van der Waals surface area contributed by atoms with Crippen LogP contribution in [0, 0.1) is 6.92 Å². The molecule has 0 saturated heterocycles. The van der Waals surface area contributed by atoms with Crippen molar-refractivity contribution in [3.05, 3.63) is 52.8 Å². The second kappa shape index (κ2) is 7.60. The van der Waals surface area contributed by atoms with E-state index in [0.717, 1.165) is 5.56 Å². The summed E-state index contributed by atoms with van der Waals surface area (Å²) in [5.41, 5.74) is 7.55. The molecule has 1 aromatic heterocycles. The molecule has 0 bridgehead atoms. The first-order valence-corrected chi connectivity index (χ1v) is 7.40. The van der Waals surface area contributed by atoms with Gasteiger partial charge in [0.25, 0.3) is 5.91 Å². The molecule has 2 aromatic rings. The van der Waals surface area contributed by atoms with Crippen molar-refractivity contribution in [2.75, 3.05) is 17.2 Å². The second-order valence-electron chi connectivity index (χ2n) is 4.93. The first-order valence-electron chi connectivity index (χ1n) is 7.02. The first-order chi connectivity index (χ1) is 11.0. The van der Waals surface area contributed by atoms with Gasteiger partial charge in [-0.3, -0.25) is 14.6 Å². The zero-order valence-corrected chi connectivity index (χ0v) is 13.4. The van der Waals surface area contributed by atoms with E-state index in [0.29, 0.717) is 22.9 Å². The number of nitrogens with two attached hydrogens (primary N) is 1. The van der Waals surface area contributed by atoms with Crippen LogP contribution >= 0.6 is 11.6 Å². The number of pyridine rings is 1. The number of carbonyl (C=O) groups is 2. The number of anilines is 2. The van der Waals surface area contributed by atoms with E-state index in [2.05, 4.69) is 15.6 Å². The van der Waals surface area contributed by atoms with Crippen molar-refractivity contribution < 1.29 is 9.59 Å². The van der Waals surface area contributed by atoms with Gasteiger partial charge < -0.3 is 16.4 Å². The monoisotopic (exact) mass is 332 g/mol. The Morgan fingerprint density at radius 1 is 1.30 bits per heavy atom. The van der Waals surface area contributed by atoms with Crippen molar-refractivity contribution >= 4 is 34.8 Å². The zero-order valence-electron chi connectivity index (χ0n) is 12.6. The molecule has 120 valence electrons. The molecule has 0 saturated carbocycles. The summed E-state index contributed by atoms with van der Waals surface area (Å²) in [5, 5.41) is 6.47. The zero-order chi connectivity index (χ0) is 16.8. The molecule has 23 heavy (non-hydrogen) atoms. The lowest BCUT2D eigenvalue weighted by Gasteiger charge is -2.10. The summed E-state index contributed by atoms with van der Waals surface area (Å²) in [5.74, 6) is -0.727. The summed E-state index contributed by atoms with van der Waals surface area (Å²) in [7, 11) is 0. The van der Waals surface area contributed by atoms with E-state index in [1.54, 1.807) is 30.3 Å². The highest BCUT2D eigenvalue weighted by Gasteiger charge is 2.07. The van der Waals surface area contributed by atoms with Gasteiger partial charge in [0.1, 0.15) is 5.69 Å². The van der Waals surface area contributed by atoms with Crippen LogP contribution in [0.2, 0.25) is 5.02 Å². The van der Waals surface area contributed by atoms with Gasteiger partial charge in [0.05, 0.1) is 0 Å². The van der Waals surface area contributed by atoms with E-state index in [-0.39, 0.29) is 18.0 Å². The number of hydrogen-bond donors (Lipinski definition) is 3. The number of halogens is 1. The van der Waals surface area contributed by atoms with Crippen LogP contribution in [0.5, 0.6) is 0 Å². The average molecular weight is 333 g/mol. The van der Waals surface area contributed by atoms with Gasteiger partial charge in [-0.2, -0.15) is 0 Å². The molecule has 1 heterocycles. The van der Waals surface area contributed by atoms with Crippen molar-refractivity contribution in [1.29, 1.82) is 0 Å². The molecule has 0 fully saturated rings. The lowest BCUT2D eigenvalue weighted by atomic mass is 10.2. The fourth-order valence-corrected chi connectivity index (χ4v) is 2.13. The third-order valence-electron chi connectivity index (χ3n) is 3.24. The highest BCUT2D eigenvalue weighted by molar-refractivity contribution is 6.31. The second-order valence-corrected chi connectivity index (χ2v) is 5.34. The topological polar surface area (TPSA) is 97.1 Å². The minimum Gasteiger partial charge on any atom is -0.384 e. The Kier molecular flexibility index (Phi) is 5.54. The molecule has 0 unspecified atom stereocenters. The molecule has 2 amide bonds. The lowest BCUT2D eigenvalue weighted by Crippen LogP contribution is -2.17. The third kappa shape index (κ3) is 4.69. The predicted octanol–water partition coefficient (Wildman–Crippen LogP) is 2.58. The van der Waals surface area contributed by atoms with Gasteiger partial charge in [-0.15, -0.1) is 0 Å². The Hall–Kier alpha value is -2.60. The Labute approximate surface area is 139 Å². The van der Waals surface area contributed by atoms with E-state index in [4.69, 9.17) is 17.3 Å². The highest BCUT2D eigenvalue weighted by atomic mass is 35.5. The van der Waals surface area contributed by atoms with E-state index in [9.17, 15) is 9.59 Å². The van der Waals surface area contributed by atoms with Crippen LogP contribution in [0.25, 0.3) is 0 Å². The molecule has 0 aliphatic heterocycles. The molecule has 2 rings (SSSR count). The summed E-state index contributed by atoms with van der Waals surface area (Å²) in [6, 6.07) is 8.60. The van der Waals surface area contributed by atoms with Crippen LogP contribution in [0.3, 0.4) is 0 Å². The normalized spacial score (nSPS) is 10.2. The smallest absolute Gasteiger partial charge is 0.267 e. The SMILES string of the molecule is Cc1c(Cl)cccc1NC(=O)CCNc1ccnc(C(N)=O)c1. The number of benzene rings is 1. The average Bonchev–Trinajstić information content (AvgIpc) is 2.52. The number of aromatic nitrogens is 1. The van der Waals surface area contributed by atoms with Gasteiger partial charge in [-0.25, -0.2) is 0 Å². The minimum absolute atomic E-state index is 0.132. The molecular weight excluding hydrogens is 316 g/mol. The Morgan fingerprint density at radius 2 is 2.09 bits per heavy atom. The number of hydrogen-bond acceptors (Lipinski definition) is 4. The number of amides is 2. The summed E-state index contributed by atoms with van der Waals surface area (Å²) < 4.78 is 0. The van der Waals surface area contributed by atoms with Crippen molar-refractivity contribution in [2.24, 2.45) is 5.73 Å². The fourth-order valence-electron chi connectivity index (χ4n) is 1.95. The largest absolute Gasteiger partial charge is 0.384 e. The summed E-state index contributed by atoms with van der Waals surface area (Å²) in [4.78, 5) is 26.9. The van der Waals surface area contributed by atoms with Crippen molar-refractivity contribution in [1.82, 2.24) is 4.98 Å². The number of carbonyl (C=O) groups excluding carboxylic acids is 2. The van der Waals surface area contributed by atoms with E-state index < -0.39 is 5.91 Å². The van der Waals surface area contributed by atoms with E-state index in [1.165, 1.54) is 6.20 Å². The van der Waals surface area contributed by atoms with Gasteiger partial charge >= 0.3 is 0 Å². The molecule has 0 atom stereocenters. The van der Waals surface area contributed by atoms with Crippen LogP contribution < -0.4 is 16.4 Å². The number of nitrogens with zero attached hydrogens (tertiary/aromatic N) is 1. The van der Waals surface area contributed by atoms with Crippen LogP contribution in [-0.4, -0.2) is 23.3 Å². The Balaban J connectivity index is 1.86. The number of primary amides is 1. The predicted molar refractivity (Wildman–Crippen MR) is 90.7 cm³/mol. The summed E-state index contributed by atoms with van der Waals surface area (Å²) in [6.45, 7) is 2.26. The fraction of sp³-hybridized carbons (Fsp3) is 0.188. The number of nitrogens with one attached hydrogen (secondary N) is 2. The van der Waals surface area contributed by atoms with Crippen molar-refractivity contribution in [3.63, 3.8) is 0 Å². The minimum atomic E-state index is -0.595. The summed E-state index contributed by atoms with van der Waals surface area (Å²) in [6.07, 6.45) is 1.75. The van der Waals surface area contributed by atoms with Crippen LogP contribution in [-0.2, 0) is 4.79 Å². The molecule has 0 aliphatic rings. The van der Waals surface area contributed by atoms with E-state index in [1.807, 2.05) is 6.92 Å². The maximum atomic E-state index is 12.0. The van der Waals surface area contributed by atoms with Gasteiger partial charge in [0.2, 0.25) is 5.91 Å². The molecule has 0 aliphatic carbocycles. The van der Waals surface area contributed by atoms with Crippen LogP contribution in [0.15, 0.2) is 36.5 Å². The molecule has 7 heteroatoms. The molecule has 6 nitrogen and oxygen atoms in total. The maximum absolute atomic E-state index is 12.0. The molecule has 0 radical (unpaired) electrons. The van der Waals surface area contributed by atoms with Crippen molar-refractivity contribution in [3.8, 4) is 0 Å². The van der Waals surface area contributed by atoms with Gasteiger partial charge in [0.15, 0.2) is 0 Å². The molecule has 0 spiro atoms. The number of rotatable bonds is 6. The standard InChI is InChI=1S/C16H17ClN4O2/c1-10-12(17)3-2-4-13(10)21-15(22)6-8-19-11-5-7-20-14(9-11)16(18)23/h2-5,7,9H,6,8H2,1H3,(H2,18,23)(H,19,20)(H,21,22). The van der Waals surface area contributed by atoms with Gasteiger partial charge in [0, 0.05) is 35.6 Å². The quantitative estimate of drug-likeness (QED) is 0.757. The maximum Gasteiger partial charge on any atom is 0.267 e. The Morgan fingerprint density at radius 3 is 2.83 bits per heavy atom. The van der Waals surface area contributed by atoms with Crippen LogP contribution in [0.4, 0.5) is 11.4 Å². The van der Waals surface area contributed by atoms with Gasteiger partial charge in [-0.1, -0.05) is 17.7 Å². The van der Waals surface area contributed by atoms with Crippen molar-refractivity contribution in [2.45, 2.75) is 13.3 Å². The molecule has 4 N–H and O–H groups in total. The van der Waals surface area contributed by atoms with Gasteiger partial charge in [-0.05, 0) is 36.8 Å². The lowest BCUT2D eigenvalue weighted by molar-refractivity contribution is -0.115. The molecule has 1 aromatic carbocycles. The molecular formula is C16H17ClN4O2. The third-order valence-corrected chi connectivity index (χ3v) is 3.64. The van der Waals surface area contributed by atoms with Crippen LogP contribution in [0.1, 0.15) is 22.5 Å². The Bertz CT molecular complexity index is 734. The van der Waals surface area contributed by atoms with E-state index >= 15 is 0 Å². The first kappa shape index (κ1) is 16.8. The summed E-state index contributed by atoms with van der Waals surface area (Å²) >= 11 is 6.01. The highest BCUT2D eigenvalue weighted by Crippen LogP contribution is 2.22.